The number of hydrogen-bond donors (Lipinski definition) is 1. The van der Waals surface area contributed by atoms with Gasteiger partial charge < -0.3 is 10.2 Å². The minimum atomic E-state index is 0.0307. The monoisotopic (exact) mass is 326 g/mol. The number of carbonyl (C=O) groups is 1. The molecule has 2 aromatic heterocycles. The molecule has 6 heteroatoms. The van der Waals surface area contributed by atoms with E-state index in [2.05, 4.69) is 23.5 Å². The largest absolute Gasteiger partial charge is 0.384 e. The van der Waals surface area contributed by atoms with Gasteiger partial charge in [0.15, 0.2) is 4.96 Å². The Hall–Kier alpha value is -2.34. The fraction of sp³-hybridized carbons (Fsp3) is 0.294. The number of rotatable bonds is 2. The van der Waals surface area contributed by atoms with Crippen LogP contribution in [-0.2, 0) is 6.42 Å². The summed E-state index contributed by atoms with van der Waals surface area (Å²) in [5.41, 5.74) is 5.61. The molecular weight excluding hydrogens is 308 g/mol. The number of fused-ring (bicyclic) bond motifs is 2. The van der Waals surface area contributed by atoms with E-state index in [1.807, 2.05) is 17.5 Å². The van der Waals surface area contributed by atoms with Gasteiger partial charge in [0.2, 0.25) is 0 Å². The fourth-order valence-electron chi connectivity index (χ4n) is 2.95. The lowest BCUT2D eigenvalue weighted by atomic mass is 10.1. The summed E-state index contributed by atoms with van der Waals surface area (Å²) in [4.78, 5) is 20.1. The van der Waals surface area contributed by atoms with Gasteiger partial charge in [0.25, 0.3) is 5.91 Å². The average Bonchev–Trinajstić information content (AvgIpc) is 3.21. The van der Waals surface area contributed by atoms with Crippen LogP contribution in [0, 0.1) is 6.92 Å². The topological polar surface area (TPSA) is 49.6 Å². The van der Waals surface area contributed by atoms with Gasteiger partial charge in [0, 0.05) is 43.8 Å². The summed E-state index contributed by atoms with van der Waals surface area (Å²) in [7, 11) is 3.54. The molecule has 3 heterocycles. The minimum Gasteiger partial charge on any atom is -0.384 e. The first-order valence-corrected chi connectivity index (χ1v) is 8.43. The molecule has 0 unspecified atom stereocenters. The Bertz CT molecular complexity index is 922. The van der Waals surface area contributed by atoms with E-state index < -0.39 is 0 Å². The van der Waals surface area contributed by atoms with Gasteiger partial charge in [0.05, 0.1) is 5.69 Å². The number of aryl methyl sites for hydroxylation is 1. The van der Waals surface area contributed by atoms with Crippen LogP contribution in [0.1, 0.15) is 20.9 Å². The van der Waals surface area contributed by atoms with Gasteiger partial charge in [-0.15, -0.1) is 0 Å². The Labute approximate surface area is 138 Å². The number of nitrogens with zero attached hydrogens (tertiary/aromatic N) is 3. The molecule has 0 atom stereocenters. The van der Waals surface area contributed by atoms with Crippen molar-refractivity contribution in [3.8, 4) is 11.3 Å². The van der Waals surface area contributed by atoms with Crippen molar-refractivity contribution in [2.24, 2.45) is 0 Å². The maximum absolute atomic E-state index is 12.2. The highest BCUT2D eigenvalue weighted by Gasteiger charge is 2.19. The first-order chi connectivity index (χ1) is 11.0. The van der Waals surface area contributed by atoms with Crippen LogP contribution in [0.2, 0.25) is 0 Å². The van der Waals surface area contributed by atoms with Crippen molar-refractivity contribution in [2.75, 3.05) is 26.0 Å². The third-order valence-electron chi connectivity index (χ3n) is 4.27. The molecule has 0 saturated heterocycles. The van der Waals surface area contributed by atoms with E-state index in [1.165, 1.54) is 22.6 Å². The quantitative estimate of drug-likeness (QED) is 0.787. The highest BCUT2D eigenvalue weighted by atomic mass is 32.1. The Kier molecular flexibility index (Phi) is 3.16. The molecule has 4 rings (SSSR count). The van der Waals surface area contributed by atoms with Crippen molar-refractivity contribution >= 4 is 27.9 Å². The molecule has 0 saturated carbocycles. The van der Waals surface area contributed by atoms with Crippen molar-refractivity contribution in [2.45, 2.75) is 13.3 Å². The lowest BCUT2D eigenvalue weighted by Crippen LogP contribution is -2.21. The summed E-state index contributed by atoms with van der Waals surface area (Å²) >= 11 is 1.45. The molecule has 0 bridgehead atoms. The number of imidazole rings is 1. The second kappa shape index (κ2) is 5.09. The van der Waals surface area contributed by atoms with Crippen LogP contribution < -0.4 is 5.32 Å². The molecule has 1 aromatic carbocycles. The van der Waals surface area contributed by atoms with Crippen LogP contribution in [0.4, 0.5) is 5.69 Å². The normalized spacial score (nSPS) is 13.2. The van der Waals surface area contributed by atoms with Crippen LogP contribution in [0.25, 0.3) is 16.2 Å². The third kappa shape index (κ3) is 2.21. The summed E-state index contributed by atoms with van der Waals surface area (Å²) in [5.74, 6) is 0.0307. The number of nitrogens with one attached hydrogen (secondary N) is 1. The third-order valence-corrected chi connectivity index (χ3v) is 5.41. The van der Waals surface area contributed by atoms with Gasteiger partial charge in [-0.25, -0.2) is 4.98 Å². The van der Waals surface area contributed by atoms with Gasteiger partial charge in [-0.1, -0.05) is 17.4 Å². The van der Waals surface area contributed by atoms with Crippen LogP contribution >= 0.6 is 11.3 Å². The standard InChI is InChI=1S/C17H18N4OS/c1-10-15(16(22)20(2)3)23-17-19-14(9-21(10)17)11-4-5-13-12(8-11)6-7-18-13/h4-5,8-9,18H,6-7H2,1-3H3. The number of thiazole rings is 1. The van der Waals surface area contributed by atoms with E-state index in [0.29, 0.717) is 0 Å². The summed E-state index contributed by atoms with van der Waals surface area (Å²) in [6.07, 6.45) is 3.09. The van der Waals surface area contributed by atoms with Gasteiger partial charge >= 0.3 is 0 Å². The molecule has 23 heavy (non-hydrogen) atoms. The van der Waals surface area contributed by atoms with Crippen molar-refractivity contribution in [1.82, 2.24) is 14.3 Å². The zero-order valence-electron chi connectivity index (χ0n) is 13.4. The highest BCUT2D eigenvalue weighted by molar-refractivity contribution is 7.19. The molecular formula is C17H18N4OS. The molecule has 1 N–H and O–H groups in total. The summed E-state index contributed by atoms with van der Waals surface area (Å²) < 4.78 is 2.02. The van der Waals surface area contributed by atoms with E-state index in [1.54, 1.807) is 19.0 Å². The molecule has 1 aliphatic heterocycles. The van der Waals surface area contributed by atoms with E-state index >= 15 is 0 Å². The Morgan fingerprint density at radius 3 is 2.96 bits per heavy atom. The molecule has 0 fully saturated rings. The molecule has 118 valence electrons. The molecule has 3 aromatic rings. The maximum Gasteiger partial charge on any atom is 0.265 e. The van der Waals surface area contributed by atoms with E-state index in [-0.39, 0.29) is 5.91 Å². The predicted octanol–water partition coefficient (Wildman–Crippen LogP) is 3.04. The summed E-state index contributed by atoms with van der Waals surface area (Å²) in [6.45, 7) is 2.98. The Morgan fingerprint density at radius 1 is 1.39 bits per heavy atom. The van der Waals surface area contributed by atoms with Gasteiger partial charge in [-0.05, 0) is 31.0 Å². The van der Waals surface area contributed by atoms with Crippen LogP contribution in [0.15, 0.2) is 24.4 Å². The lowest BCUT2D eigenvalue weighted by molar-refractivity contribution is 0.0831. The van der Waals surface area contributed by atoms with Crippen LogP contribution in [0.5, 0.6) is 0 Å². The van der Waals surface area contributed by atoms with Crippen LogP contribution in [-0.4, -0.2) is 40.8 Å². The number of hydrogen-bond acceptors (Lipinski definition) is 4. The second-order valence-corrected chi connectivity index (χ2v) is 7.02. The van der Waals surface area contributed by atoms with Crippen molar-refractivity contribution in [3.05, 3.63) is 40.5 Å². The first-order valence-electron chi connectivity index (χ1n) is 7.62. The molecule has 1 amide bonds. The van der Waals surface area contributed by atoms with Crippen molar-refractivity contribution < 1.29 is 4.79 Å². The van der Waals surface area contributed by atoms with Gasteiger partial charge in [-0.3, -0.25) is 9.20 Å². The predicted molar refractivity (Wildman–Crippen MR) is 93.5 cm³/mol. The van der Waals surface area contributed by atoms with Crippen molar-refractivity contribution in [3.63, 3.8) is 0 Å². The lowest BCUT2D eigenvalue weighted by Gasteiger charge is -2.08. The number of amides is 1. The second-order valence-electron chi connectivity index (χ2n) is 6.04. The molecule has 0 radical (unpaired) electrons. The Balaban J connectivity index is 1.77. The zero-order chi connectivity index (χ0) is 16.1. The minimum absolute atomic E-state index is 0.0307. The van der Waals surface area contributed by atoms with Gasteiger partial charge in [0.1, 0.15) is 4.88 Å². The zero-order valence-corrected chi connectivity index (χ0v) is 14.2. The smallest absolute Gasteiger partial charge is 0.265 e. The fourth-order valence-corrected chi connectivity index (χ4v) is 4.09. The molecule has 0 spiro atoms. The number of benzene rings is 1. The molecule has 1 aliphatic rings. The van der Waals surface area contributed by atoms with Crippen molar-refractivity contribution in [1.29, 1.82) is 0 Å². The molecule has 0 aliphatic carbocycles. The highest BCUT2D eigenvalue weighted by Crippen LogP contribution is 2.31. The van der Waals surface area contributed by atoms with E-state index in [0.717, 1.165) is 39.8 Å². The molecule has 5 nitrogen and oxygen atoms in total. The summed E-state index contributed by atoms with van der Waals surface area (Å²) in [6, 6.07) is 6.44. The van der Waals surface area contributed by atoms with E-state index in [9.17, 15) is 4.79 Å². The first kappa shape index (κ1) is 14.3. The Morgan fingerprint density at radius 2 is 2.22 bits per heavy atom. The summed E-state index contributed by atoms with van der Waals surface area (Å²) in [5, 5.41) is 3.37. The number of anilines is 1. The average molecular weight is 326 g/mol. The maximum atomic E-state index is 12.2. The number of carbonyl (C=O) groups excluding carboxylic acids is 1. The SMILES string of the molecule is Cc1c(C(=O)N(C)C)sc2nc(-c3ccc4c(c3)CCN4)cn12. The van der Waals surface area contributed by atoms with Crippen LogP contribution in [0.3, 0.4) is 0 Å². The van der Waals surface area contributed by atoms with Gasteiger partial charge in [-0.2, -0.15) is 0 Å². The van der Waals surface area contributed by atoms with E-state index in [4.69, 9.17) is 4.98 Å². The number of aromatic nitrogens is 2.